The predicted molar refractivity (Wildman–Crippen MR) is 111 cm³/mol. The molecule has 0 aliphatic carbocycles. The average Bonchev–Trinajstić information content (AvgIpc) is 3.23. The molecule has 1 aliphatic rings. The summed E-state index contributed by atoms with van der Waals surface area (Å²) in [5, 5.41) is 0. The first-order chi connectivity index (χ1) is 13.3. The number of benzene rings is 2. The molecule has 2 unspecified atom stereocenters. The number of hydrogen-bond acceptors (Lipinski definition) is 3. The van der Waals surface area contributed by atoms with Gasteiger partial charge < -0.3 is 4.57 Å². The summed E-state index contributed by atoms with van der Waals surface area (Å²) >= 11 is 6.62. The summed E-state index contributed by atoms with van der Waals surface area (Å²) in [7, 11) is -3.41. The maximum Gasteiger partial charge on any atom is 0.229 e. The first kappa shape index (κ1) is 18.8. The molecule has 0 radical (unpaired) electrons. The van der Waals surface area contributed by atoms with Crippen molar-refractivity contribution < 1.29 is 13.2 Å². The molecule has 2 aromatic carbocycles. The van der Waals surface area contributed by atoms with Crippen LogP contribution in [0.4, 0.5) is 5.69 Å². The Kier molecular flexibility index (Phi) is 4.77. The van der Waals surface area contributed by atoms with Crippen molar-refractivity contribution in [1.29, 1.82) is 0 Å². The van der Waals surface area contributed by atoms with Crippen LogP contribution in [0, 0.1) is 0 Å². The zero-order chi connectivity index (χ0) is 19.9. The van der Waals surface area contributed by atoms with Gasteiger partial charge in [-0.05, 0) is 30.2 Å². The highest BCUT2D eigenvalue weighted by Gasteiger charge is 2.35. The van der Waals surface area contributed by atoms with Crippen LogP contribution in [0.25, 0.3) is 0 Å². The lowest BCUT2D eigenvalue weighted by Gasteiger charge is -2.16. The van der Waals surface area contributed by atoms with Crippen molar-refractivity contribution in [3.63, 3.8) is 0 Å². The number of para-hydroxylation sites is 1. The van der Waals surface area contributed by atoms with Crippen LogP contribution in [0.2, 0.25) is 0 Å². The molecule has 0 fully saturated rings. The fourth-order valence-corrected chi connectivity index (χ4v) is 4.77. The lowest BCUT2D eigenvalue weighted by molar-refractivity contribution is 0.103. The van der Waals surface area contributed by atoms with E-state index in [0.717, 1.165) is 17.5 Å². The molecular weight excluding hydrogens is 396 g/mol. The van der Waals surface area contributed by atoms with Gasteiger partial charge in [0.1, 0.15) is 5.50 Å². The van der Waals surface area contributed by atoms with Gasteiger partial charge >= 0.3 is 0 Å². The minimum atomic E-state index is -3.41. The quantitative estimate of drug-likeness (QED) is 0.498. The number of ketones is 1. The Balaban J connectivity index is 1.75. The smallest absolute Gasteiger partial charge is 0.229 e. The van der Waals surface area contributed by atoms with Gasteiger partial charge in [0.15, 0.2) is 0 Å². The number of nitrogens with one attached hydrogen (secondary N) is 1. The van der Waals surface area contributed by atoms with E-state index in [9.17, 15) is 13.2 Å². The Bertz CT molecular complexity index is 1140. The van der Waals surface area contributed by atoms with E-state index < -0.39 is 10.0 Å². The Morgan fingerprint density at radius 2 is 1.71 bits per heavy atom. The lowest BCUT2D eigenvalue weighted by atomic mass is 9.93. The maximum atomic E-state index is 12.9. The Hall–Kier alpha value is -2.57. The van der Waals surface area contributed by atoms with Crippen molar-refractivity contribution in [2.24, 2.45) is 0 Å². The number of sulfonamides is 1. The van der Waals surface area contributed by atoms with E-state index in [0.29, 0.717) is 23.4 Å². The summed E-state index contributed by atoms with van der Waals surface area (Å²) in [5.74, 6) is -0.189. The number of carbonyl (C=O) groups is 1. The highest BCUT2D eigenvalue weighted by Crippen LogP contribution is 2.46. The molecular formula is C21H19ClN2O3S. The molecule has 28 heavy (non-hydrogen) atoms. The molecule has 0 saturated heterocycles. The average molecular weight is 415 g/mol. The second-order valence-corrected chi connectivity index (χ2v) is 9.15. The molecule has 0 spiro atoms. The minimum absolute atomic E-state index is 0.0827. The van der Waals surface area contributed by atoms with Gasteiger partial charge in [0.25, 0.3) is 0 Å². The van der Waals surface area contributed by atoms with E-state index in [1.807, 2.05) is 41.0 Å². The number of hydrogen-bond donors (Lipinski definition) is 1. The third kappa shape index (κ3) is 3.45. The zero-order valence-electron chi connectivity index (χ0n) is 15.2. The molecule has 1 aliphatic heterocycles. The van der Waals surface area contributed by atoms with Gasteiger partial charge in [0, 0.05) is 17.2 Å². The van der Waals surface area contributed by atoms with Gasteiger partial charge in [0.05, 0.1) is 17.6 Å². The van der Waals surface area contributed by atoms with Crippen molar-refractivity contribution in [3.05, 3.63) is 89.2 Å². The number of fused-ring (bicyclic) bond motifs is 1. The molecule has 2 heterocycles. The molecule has 1 N–H and O–H groups in total. The normalized spacial score (nSPS) is 18.6. The SMILES string of the molecule is CS(=O)(=O)Nc1ccccc1C1CC(Cl)n2c(C(=O)c3ccccc3)ccc21. The van der Waals surface area contributed by atoms with Crippen LogP contribution >= 0.6 is 11.6 Å². The Labute approximate surface area is 169 Å². The van der Waals surface area contributed by atoms with E-state index in [1.165, 1.54) is 0 Å². The van der Waals surface area contributed by atoms with Crippen LogP contribution < -0.4 is 4.72 Å². The molecule has 7 heteroatoms. The summed E-state index contributed by atoms with van der Waals surface area (Å²) in [4.78, 5) is 12.9. The van der Waals surface area contributed by atoms with Gasteiger partial charge in [-0.3, -0.25) is 9.52 Å². The Morgan fingerprint density at radius 1 is 1.04 bits per heavy atom. The number of carbonyl (C=O) groups excluding carboxylic acids is 1. The van der Waals surface area contributed by atoms with Gasteiger partial charge in [0.2, 0.25) is 15.8 Å². The summed E-state index contributed by atoms with van der Waals surface area (Å²) in [6, 6.07) is 20.1. The second kappa shape index (κ2) is 7.11. The largest absolute Gasteiger partial charge is 0.324 e. The lowest BCUT2D eigenvalue weighted by Crippen LogP contribution is -2.12. The number of aromatic nitrogens is 1. The first-order valence-electron chi connectivity index (χ1n) is 8.87. The molecule has 0 bridgehead atoms. The van der Waals surface area contributed by atoms with Crippen LogP contribution in [0.1, 0.15) is 45.1 Å². The summed E-state index contributed by atoms with van der Waals surface area (Å²) in [5.41, 5.74) is 3.04. The summed E-state index contributed by atoms with van der Waals surface area (Å²) < 4.78 is 27.9. The molecule has 4 rings (SSSR count). The molecule has 3 aromatic rings. The van der Waals surface area contributed by atoms with E-state index >= 15 is 0 Å². The fourth-order valence-electron chi connectivity index (χ4n) is 3.78. The molecule has 1 aromatic heterocycles. The van der Waals surface area contributed by atoms with Crippen LogP contribution in [-0.2, 0) is 10.0 Å². The molecule has 0 amide bonds. The second-order valence-electron chi connectivity index (χ2n) is 6.89. The minimum Gasteiger partial charge on any atom is -0.324 e. The van der Waals surface area contributed by atoms with Crippen LogP contribution in [0.5, 0.6) is 0 Å². The topological polar surface area (TPSA) is 68.2 Å². The molecule has 144 valence electrons. The third-order valence-electron chi connectivity index (χ3n) is 4.92. The molecule has 2 atom stereocenters. The monoisotopic (exact) mass is 414 g/mol. The number of halogens is 1. The summed E-state index contributed by atoms with van der Waals surface area (Å²) in [6.45, 7) is 0. The van der Waals surface area contributed by atoms with Crippen molar-refractivity contribution >= 4 is 33.1 Å². The third-order valence-corrected chi connectivity index (χ3v) is 5.88. The predicted octanol–water partition coefficient (Wildman–Crippen LogP) is 4.36. The van der Waals surface area contributed by atoms with Crippen molar-refractivity contribution in [3.8, 4) is 0 Å². The van der Waals surface area contributed by atoms with Crippen LogP contribution in [0.3, 0.4) is 0 Å². The van der Waals surface area contributed by atoms with Gasteiger partial charge in [-0.1, -0.05) is 60.1 Å². The number of nitrogens with zero attached hydrogens (tertiary/aromatic N) is 1. The van der Waals surface area contributed by atoms with E-state index in [4.69, 9.17) is 11.6 Å². The van der Waals surface area contributed by atoms with E-state index in [-0.39, 0.29) is 17.2 Å². The number of alkyl halides is 1. The van der Waals surface area contributed by atoms with E-state index in [1.54, 1.807) is 30.3 Å². The maximum absolute atomic E-state index is 12.9. The van der Waals surface area contributed by atoms with Crippen molar-refractivity contribution in [2.75, 3.05) is 11.0 Å². The van der Waals surface area contributed by atoms with Crippen molar-refractivity contribution in [1.82, 2.24) is 4.57 Å². The van der Waals surface area contributed by atoms with Crippen molar-refractivity contribution in [2.45, 2.75) is 17.8 Å². The molecule has 5 nitrogen and oxygen atoms in total. The molecule has 0 saturated carbocycles. The highest BCUT2D eigenvalue weighted by atomic mass is 35.5. The zero-order valence-corrected chi connectivity index (χ0v) is 16.7. The Morgan fingerprint density at radius 3 is 2.43 bits per heavy atom. The van der Waals surface area contributed by atoms with Crippen LogP contribution in [0.15, 0.2) is 66.7 Å². The van der Waals surface area contributed by atoms with Gasteiger partial charge in [-0.15, -0.1) is 0 Å². The fraction of sp³-hybridized carbons (Fsp3) is 0.190. The van der Waals surface area contributed by atoms with Gasteiger partial charge in [-0.25, -0.2) is 8.42 Å². The summed E-state index contributed by atoms with van der Waals surface area (Å²) in [6.07, 6.45) is 1.71. The number of anilines is 1. The van der Waals surface area contributed by atoms with E-state index in [2.05, 4.69) is 4.72 Å². The standard InChI is InChI=1S/C21H19ClN2O3S/c1-28(26,27)23-17-10-6-5-9-15(17)16-13-20(22)24-18(16)11-12-19(24)21(25)14-7-3-2-4-8-14/h2-12,16,20,23H,13H2,1H3. The first-order valence-corrected chi connectivity index (χ1v) is 11.2. The van der Waals surface area contributed by atoms with Gasteiger partial charge in [-0.2, -0.15) is 0 Å². The van der Waals surface area contributed by atoms with Crippen LogP contribution in [-0.4, -0.2) is 25.0 Å². The highest BCUT2D eigenvalue weighted by molar-refractivity contribution is 7.92. The number of rotatable bonds is 5.